The highest BCUT2D eigenvalue weighted by atomic mass is 79.9. The van der Waals surface area contributed by atoms with Crippen molar-refractivity contribution in [3.63, 3.8) is 0 Å². The van der Waals surface area contributed by atoms with Crippen LogP contribution in [0.2, 0.25) is 5.02 Å². The van der Waals surface area contributed by atoms with Crippen molar-refractivity contribution in [2.45, 2.75) is 23.8 Å². The number of anilines is 1. The molecule has 10 heteroatoms. The van der Waals surface area contributed by atoms with Gasteiger partial charge in [0.1, 0.15) is 10.6 Å². The van der Waals surface area contributed by atoms with Crippen LogP contribution in [0.15, 0.2) is 76.1 Å². The minimum atomic E-state index is -4.04. The van der Waals surface area contributed by atoms with Crippen molar-refractivity contribution >= 4 is 49.1 Å². The van der Waals surface area contributed by atoms with Crippen molar-refractivity contribution in [3.05, 3.63) is 87.4 Å². The Bertz CT molecular complexity index is 1340. The van der Waals surface area contributed by atoms with Crippen molar-refractivity contribution in [3.8, 4) is 5.75 Å². The van der Waals surface area contributed by atoms with Gasteiger partial charge in [-0.15, -0.1) is 0 Å². The number of sulfonamides is 1. The molecule has 0 aromatic heterocycles. The average molecular weight is 608 g/mol. The molecule has 1 atom stereocenters. The molecule has 0 aliphatic carbocycles. The maximum absolute atomic E-state index is 13.8. The third-order valence-corrected chi connectivity index (χ3v) is 8.64. The van der Waals surface area contributed by atoms with Crippen LogP contribution in [0.4, 0.5) is 5.69 Å². The van der Waals surface area contributed by atoms with Crippen LogP contribution in [-0.2, 0) is 14.8 Å². The summed E-state index contributed by atoms with van der Waals surface area (Å²) in [5.41, 5.74) is 1.59. The summed E-state index contributed by atoms with van der Waals surface area (Å²) in [6.45, 7) is 1.26. The molecular weight excluding hydrogens is 580 g/mol. The Morgan fingerprint density at radius 1 is 1.08 bits per heavy atom. The fraction of sp³-hybridized carbons (Fsp3) is 0.296. The van der Waals surface area contributed by atoms with Gasteiger partial charge in [-0.2, -0.15) is 0 Å². The monoisotopic (exact) mass is 606 g/mol. The SMILES string of the molecule is COc1ccc(C(=O)N(C)C(c2ccc(Cl)cc2)C2CCOCC2)cc1S(=O)(=O)Nc1ccc(Br)cc1. The minimum absolute atomic E-state index is 0.119. The third kappa shape index (κ3) is 6.46. The predicted octanol–water partition coefficient (Wildman–Crippen LogP) is 6.15. The Balaban J connectivity index is 1.67. The molecule has 0 spiro atoms. The molecule has 1 heterocycles. The number of methoxy groups -OCH3 is 1. The molecule has 1 saturated heterocycles. The molecule has 4 rings (SSSR count). The first-order chi connectivity index (χ1) is 17.7. The number of hydrogen-bond donors (Lipinski definition) is 1. The van der Waals surface area contributed by atoms with E-state index in [9.17, 15) is 13.2 Å². The first-order valence-electron chi connectivity index (χ1n) is 11.8. The molecule has 0 bridgehead atoms. The molecule has 1 fully saturated rings. The lowest BCUT2D eigenvalue weighted by Gasteiger charge is -2.37. The second kappa shape index (κ2) is 11.9. The summed E-state index contributed by atoms with van der Waals surface area (Å²) < 4.78 is 40.8. The maximum atomic E-state index is 13.8. The van der Waals surface area contributed by atoms with Gasteiger partial charge in [-0.3, -0.25) is 9.52 Å². The molecular formula is C27H28BrClN2O5S. The van der Waals surface area contributed by atoms with Crippen molar-refractivity contribution in [2.24, 2.45) is 5.92 Å². The zero-order chi connectivity index (χ0) is 26.6. The Labute approximate surface area is 230 Å². The smallest absolute Gasteiger partial charge is 0.265 e. The Morgan fingerprint density at radius 3 is 2.35 bits per heavy atom. The van der Waals surface area contributed by atoms with Gasteiger partial charge in [0.2, 0.25) is 0 Å². The van der Waals surface area contributed by atoms with E-state index in [0.717, 1.165) is 22.9 Å². The summed E-state index contributed by atoms with van der Waals surface area (Å²) in [7, 11) is -0.903. The standard InChI is InChI=1S/C27H28BrClN2O5S/c1-31(26(19-13-15-36-16-14-19)18-3-8-22(29)9-4-18)27(32)20-5-12-24(35-2)25(17-20)37(33,34)30-23-10-6-21(28)7-11-23/h3-12,17,19,26,30H,13-16H2,1-2H3. The van der Waals surface area contributed by atoms with Crippen LogP contribution in [0.3, 0.4) is 0 Å². The van der Waals surface area contributed by atoms with Crippen LogP contribution in [0.5, 0.6) is 5.75 Å². The predicted molar refractivity (Wildman–Crippen MR) is 148 cm³/mol. The van der Waals surface area contributed by atoms with Crippen LogP contribution in [-0.4, -0.2) is 46.6 Å². The van der Waals surface area contributed by atoms with Gasteiger partial charge in [0, 0.05) is 41.0 Å². The van der Waals surface area contributed by atoms with Gasteiger partial charge < -0.3 is 14.4 Å². The Kier molecular flexibility index (Phi) is 8.79. The normalized spacial score (nSPS) is 15.1. The van der Waals surface area contributed by atoms with Crippen LogP contribution >= 0.6 is 27.5 Å². The van der Waals surface area contributed by atoms with Crippen LogP contribution in [0, 0.1) is 5.92 Å². The summed E-state index contributed by atoms with van der Waals surface area (Å²) >= 11 is 9.46. The minimum Gasteiger partial charge on any atom is -0.495 e. The van der Waals surface area contributed by atoms with Gasteiger partial charge >= 0.3 is 0 Å². The zero-order valence-electron chi connectivity index (χ0n) is 20.5. The molecule has 0 saturated carbocycles. The highest BCUT2D eigenvalue weighted by Crippen LogP contribution is 2.36. The number of rotatable bonds is 8. The van der Waals surface area contributed by atoms with Crippen molar-refractivity contribution in [2.75, 3.05) is 32.1 Å². The van der Waals surface area contributed by atoms with E-state index < -0.39 is 10.0 Å². The first kappa shape index (κ1) is 27.4. The van der Waals surface area contributed by atoms with Crippen LogP contribution in [0.25, 0.3) is 0 Å². The van der Waals surface area contributed by atoms with Gasteiger partial charge in [0.25, 0.3) is 15.9 Å². The summed E-state index contributed by atoms with van der Waals surface area (Å²) in [5.74, 6) is 0.0288. The number of ether oxygens (including phenoxy) is 2. The Morgan fingerprint density at radius 2 is 1.73 bits per heavy atom. The van der Waals surface area contributed by atoms with E-state index in [2.05, 4.69) is 20.7 Å². The third-order valence-electron chi connectivity index (χ3n) is 6.46. The van der Waals surface area contributed by atoms with E-state index in [1.54, 1.807) is 42.3 Å². The van der Waals surface area contributed by atoms with Crippen LogP contribution < -0.4 is 9.46 Å². The van der Waals surface area contributed by atoms with Gasteiger partial charge in [0.15, 0.2) is 0 Å². The van der Waals surface area contributed by atoms with E-state index in [0.29, 0.717) is 23.9 Å². The number of hydrogen-bond acceptors (Lipinski definition) is 5. The number of nitrogens with zero attached hydrogens (tertiary/aromatic N) is 1. The molecule has 196 valence electrons. The highest BCUT2D eigenvalue weighted by Gasteiger charge is 2.32. The molecule has 1 aliphatic heterocycles. The lowest BCUT2D eigenvalue weighted by atomic mass is 9.86. The van der Waals surface area contributed by atoms with E-state index in [-0.39, 0.29) is 34.1 Å². The molecule has 1 aliphatic rings. The molecule has 3 aromatic carbocycles. The Hall–Kier alpha value is -2.59. The summed E-state index contributed by atoms with van der Waals surface area (Å²) in [4.78, 5) is 15.3. The lowest BCUT2D eigenvalue weighted by molar-refractivity contribution is 0.0280. The lowest BCUT2D eigenvalue weighted by Crippen LogP contribution is -2.37. The highest BCUT2D eigenvalue weighted by molar-refractivity contribution is 9.10. The van der Waals surface area contributed by atoms with Gasteiger partial charge in [-0.05, 0) is 78.9 Å². The number of benzene rings is 3. The van der Waals surface area contributed by atoms with Crippen LogP contribution in [0.1, 0.15) is 34.8 Å². The van der Waals surface area contributed by atoms with Crippen molar-refractivity contribution in [1.82, 2.24) is 4.90 Å². The van der Waals surface area contributed by atoms with E-state index in [4.69, 9.17) is 21.1 Å². The fourth-order valence-corrected chi connectivity index (χ4v) is 6.23. The number of halogens is 2. The molecule has 0 radical (unpaired) electrons. The summed E-state index contributed by atoms with van der Waals surface area (Å²) in [6.07, 6.45) is 1.62. The number of carbonyl (C=O) groups is 1. The van der Waals surface area contributed by atoms with E-state index in [1.807, 2.05) is 24.3 Å². The largest absolute Gasteiger partial charge is 0.495 e. The molecule has 1 amide bonds. The fourth-order valence-electron chi connectivity index (χ4n) is 4.58. The number of amides is 1. The van der Waals surface area contributed by atoms with Crippen molar-refractivity contribution < 1.29 is 22.7 Å². The zero-order valence-corrected chi connectivity index (χ0v) is 23.6. The van der Waals surface area contributed by atoms with Gasteiger partial charge in [0.05, 0.1) is 13.2 Å². The molecule has 7 nitrogen and oxygen atoms in total. The van der Waals surface area contributed by atoms with Gasteiger partial charge in [-0.1, -0.05) is 39.7 Å². The molecule has 3 aromatic rings. The topological polar surface area (TPSA) is 84.9 Å². The maximum Gasteiger partial charge on any atom is 0.265 e. The summed E-state index contributed by atoms with van der Waals surface area (Å²) in [5, 5.41) is 0.617. The molecule has 37 heavy (non-hydrogen) atoms. The average Bonchev–Trinajstić information content (AvgIpc) is 2.91. The number of nitrogens with one attached hydrogen (secondary N) is 1. The quantitative estimate of drug-likeness (QED) is 0.332. The molecule has 1 unspecified atom stereocenters. The first-order valence-corrected chi connectivity index (χ1v) is 14.4. The second-order valence-corrected chi connectivity index (χ2v) is 11.8. The van der Waals surface area contributed by atoms with Crippen molar-refractivity contribution in [1.29, 1.82) is 0 Å². The van der Waals surface area contributed by atoms with Gasteiger partial charge in [-0.25, -0.2) is 8.42 Å². The van der Waals surface area contributed by atoms with E-state index in [1.165, 1.54) is 19.2 Å². The second-order valence-electron chi connectivity index (χ2n) is 8.84. The van der Waals surface area contributed by atoms with E-state index >= 15 is 0 Å². The summed E-state index contributed by atoms with van der Waals surface area (Å²) in [6, 6.07) is 18.5. The number of carbonyl (C=O) groups excluding carboxylic acids is 1. The molecule has 1 N–H and O–H groups in total.